The molecule has 0 fully saturated rings. The molecular formula is C17H18IN5O. The number of amides is 2. The minimum absolute atomic E-state index is 0.309. The normalized spacial score (nSPS) is 11.0. The van der Waals surface area contributed by atoms with Crippen LogP contribution in [0.2, 0.25) is 0 Å². The monoisotopic (exact) mass is 435 g/mol. The van der Waals surface area contributed by atoms with E-state index in [9.17, 15) is 4.79 Å². The van der Waals surface area contributed by atoms with Crippen molar-refractivity contribution >= 4 is 37.4 Å². The third kappa shape index (κ3) is 3.91. The Kier molecular flexibility index (Phi) is 5.09. The van der Waals surface area contributed by atoms with Crippen LogP contribution in [0.1, 0.15) is 5.69 Å². The van der Waals surface area contributed by atoms with Crippen LogP contribution in [-0.4, -0.2) is 25.9 Å². The van der Waals surface area contributed by atoms with Gasteiger partial charge in [0.25, 0.3) is 0 Å². The number of carbonyl (C=O) groups excluding carboxylic acids is 1. The molecule has 0 radical (unpaired) electrons. The van der Waals surface area contributed by atoms with Crippen molar-refractivity contribution in [2.45, 2.75) is 6.92 Å². The number of nitrogens with one attached hydrogen (secondary N) is 3. The summed E-state index contributed by atoms with van der Waals surface area (Å²) in [5, 5.41) is 5.50. The number of rotatable bonds is 4. The van der Waals surface area contributed by atoms with Crippen molar-refractivity contribution in [1.29, 1.82) is 0 Å². The molecule has 3 aromatic rings. The number of carbonyl (C=O) groups is 1. The zero-order valence-electron chi connectivity index (χ0n) is 13.4. The summed E-state index contributed by atoms with van der Waals surface area (Å²) in [6, 6.07) is 13.0. The molecule has 0 saturated heterocycles. The van der Waals surface area contributed by atoms with Crippen LogP contribution in [-0.2, 0) is 0 Å². The number of aromatic amines is 1. The Hall–Kier alpha value is -2.42. The Labute approximate surface area is 147 Å². The summed E-state index contributed by atoms with van der Waals surface area (Å²) in [5.41, 5.74) is 1.88. The summed E-state index contributed by atoms with van der Waals surface area (Å²) < 4.78 is 2.48. The second-order valence-electron chi connectivity index (χ2n) is 5.09. The van der Waals surface area contributed by atoms with Crippen LogP contribution >= 0.6 is 19.8 Å². The molecule has 0 atom stereocenters. The molecular weight excluding hydrogens is 417 g/mol. The maximum absolute atomic E-state index is 12.0. The Morgan fingerprint density at radius 3 is 2.50 bits per heavy atom. The van der Waals surface area contributed by atoms with Crippen LogP contribution in [0.5, 0.6) is 0 Å². The molecule has 0 unspecified atom stereocenters. The minimum atomic E-state index is -1.49. The first-order chi connectivity index (χ1) is 11.6. The molecule has 24 heavy (non-hydrogen) atoms. The van der Waals surface area contributed by atoms with E-state index in [1.807, 2.05) is 25.1 Å². The topological polar surface area (TPSA) is 82.7 Å². The van der Waals surface area contributed by atoms with Gasteiger partial charge in [0.05, 0.1) is 0 Å². The molecule has 0 aliphatic rings. The van der Waals surface area contributed by atoms with E-state index in [1.54, 1.807) is 24.7 Å². The van der Waals surface area contributed by atoms with Gasteiger partial charge >= 0.3 is 148 Å². The number of aromatic nitrogens is 3. The maximum atomic E-state index is 12.0. The predicted octanol–water partition coefficient (Wildman–Crippen LogP) is 3.93. The SMILES string of the molecule is Cc1[nH]cnc1I(C)c1ccc(NC(=O)Nc2ccccn2)cc1. The molecule has 2 heterocycles. The molecule has 124 valence electrons. The molecule has 0 aliphatic heterocycles. The zero-order valence-corrected chi connectivity index (χ0v) is 15.5. The van der Waals surface area contributed by atoms with Gasteiger partial charge in [-0.15, -0.1) is 0 Å². The van der Waals surface area contributed by atoms with Crippen LogP contribution in [0.15, 0.2) is 55.0 Å². The van der Waals surface area contributed by atoms with Gasteiger partial charge in [-0.2, -0.15) is 0 Å². The molecule has 7 heteroatoms. The van der Waals surface area contributed by atoms with Gasteiger partial charge in [-0.1, -0.05) is 0 Å². The number of aryl methyl sites for hydroxylation is 1. The Morgan fingerprint density at radius 1 is 1.08 bits per heavy atom. The average molecular weight is 435 g/mol. The number of hydrogen-bond acceptors (Lipinski definition) is 3. The third-order valence-corrected chi connectivity index (χ3v) is 8.58. The molecule has 0 saturated carbocycles. The number of H-pyrrole nitrogens is 1. The van der Waals surface area contributed by atoms with E-state index in [-0.39, 0.29) is 6.03 Å². The molecule has 0 bridgehead atoms. The molecule has 2 aromatic heterocycles. The van der Waals surface area contributed by atoms with Gasteiger partial charge in [0, 0.05) is 0 Å². The molecule has 0 spiro atoms. The molecule has 6 nitrogen and oxygen atoms in total. The summed E-state index contributed by atoms with van der Waals surface area (Å²) in [6.07, 6.45) is 3.38. The van der Waals surface area contributed by atoms with Gasteiger partial charge in [-0.3, -0.25) is 0 Å². The third-order valence-electron chi connectivity index (χ3n) is 3.37. The van der Waals surface area contributed by atoms with Gasteiger partial charge in [-0.25, -0.2) is 0 Å². The summed E-state index contributed by atoms with van der Waals surface area (Å²) in [6.45, 7) is 2.05. The van der Waals surface area contributed by atoms with Crippen LogP contribution in [0.4, 0.5) is 16.3 Å². The van der Waals surface area contributed by atoms with Crippen molar-refractivity contribution in [1.82, 2.24) is 15.0 Å². The Balaban J connectivity index is 1.64. The number of benzene rings is 1. The van der Waals surface area contributed by atoms with Crippen LogP contribution in [0.25, 0.3) is 0 Å². The van der Waals surface area contributed by atoms with E-state index < -0.39 is 19.8 Å². The quantitative estimate of drug-likeness (QED) is 0.429. The van der Waals surface area contributed by atoms with Crippen LogP contribution in [0, 0.1) is 14.2 Å². The first-order valence-electron chi connectivity index (χ1n) is 7.32. The van der Waals surface area contributed by atoms with Crippen molar-refractivity contribution < 1.29 is 4.79 Å². The summed E-state index contributed by atoms with van der Waals surface area (Å²) in [5.74, 6) is 0.516. The number of anilines is 2. The van der Waals surface area contributed by atoms with Gasteiger partial charge in [0.15, 0.2) is 0 Å². The zero-order chi connectivity index (χ0) is 16.9. The first-order valence-corrected chi connectivity index (χ1v) is 11.6. The fourth-order valence-corrected chi connectivity index (χ4v) is 6.12. The van der Waals surface area contributed by atoms with Gasteiger partial charge in [-0.05, 0) is 0 Å². The number of halogens is 1. The van der Waals surface area contributed by atoms with Crippen molar-refractivity contribution in [3.8, 4) is 0 Å². The van der Waals surface area contributed by atoms with Gasteiger partial charge in [0.1, 0.15) is 0 Å². The van der Waals surface area contributed by atoms with Gasteiger partial charge in [0.2, 0.25) is 0 Å². The predicted molar refractivity (Wildman–Crippen MR) is 104 cm³/mol. The number of nitrogens with zero attached hydrogens (tertiary/aromatic N) is 2. The first kappa shape index (κ1) is 16.4. The summed E-state index contributed by atoms with van der Waals surface area (Å²) in [7, 11) is 0. The van der Waals surface area contributed by atoms with E-state index in [0.29, 0.717) is 5.82 Å². The van der Waals surface area contributed by atoms with Crippen molar-refractivity contribution in [2.24, 2.45) is 0 Å². The van der Waals surface area contributed by atoms with E-state index >= 15 is 0 Å². The fourth-order valence-electron chi connectivity index (χ4n) is 2.17. The standard InChI is InChI=1S/C17H18IN5O/c1-12-16(21-11-20-12)18(2)13-6-8-14(9-7-13)22-17(24)23-15-5-3-4-10-19-15/h3-11H,1-2H3,(H,20,21)(H2,19,22,23,24). The number of urea groups is 1. The number of imidazole rings is 1. The Morgan fingerprint density at radius 2 is 1.88 bits per heavy atom. The van der Waals surface area contributed by atoms with Crippen molar-refractivity contribution in [2.75, 3.05) is 15.6 Å². The van der Waals surface area contributed by atoms with E-state index in [2.05, 4.69) is 42.6 Å². The van der Waals surface area contributed by atoms with Crippen LogP contribution in [0.3, 0.4) is 0 Å². The number of hydrogen-bond donors (Lipinski definition) is 3. The molecule has 2 amide bonds. The second-order valence-corrected chi connectivity index (χ2v) is 10.1. The summed E-state index contributed by atoms with van der Waals surface area (Å²) >= 11 is -1.49. The molecule has 0 aliphatic carbocycles. The number of alkyl halides is 1. The van der Waals surface area contributed by atoms with E-state index in [0.717, 1.165) is 11.4 Å². The van der Waals surface area contributed by atoms with Gasteiger partial charge < -0.3 is 0 Å². The van der Waals surface area contributed by atoms with Crippen LogP contribution < -0.4 is 10.6 Å². The summed E-state index contributed by atoms with van der Waals surface area (Å²) in [4.78, 5) is 25.9. The van der Waals surface area contributed by atoms with Crippen molar-refractivity contribution in [3.63, 3.8) is 0 Å². The average Bonchev–Trinajstić information content (AvgIpc) is 3.02. The molecule has 3 rings (SSSR count). The Bertz CT molecular complexity index is 817. The van der Waals surface area contributed by atoms with E-state index in [1.165, 1.54) is 7.27 Å². The van der Waals surface area contributed by atoms with Crippen molar-refractivity contribution in [3.05, 3.63) is 68.0 Å². The van der Waals surface area contributed by atoms with E-state index in [4.69, 9.17) is 0 Å². The molecule has 1 aromatic carbocycles. The fraction of sp³-hybridized carbons (Fsp3) is 0.118. The number of pyridine rings is 1. The second kappa shape index (κ2) is 7.43. The molecule has 3 N–H and O–H groups in total.